The van der Waals surface area contributed by atoms with Gasteiger partial charge in [0.25, 0.3) is 0 Å². The van der Waals surface area contributed by atoms with Crippen LogP contribution in [0, 0.1) is 6.92 Å². The molecule has 0 aliphatic carbocycles. The van der Waals surface area contributed by atoms with E-state index in [4.69, 9.17) is 4.74 Å². The molecule has 66 valence electrons. The van der Waals surface area contributed by atoms with Crippen molar-refractivity contribution in [3.05, 3.63) is 23.8 Å². The molecule has 3 heteroatoms. The Kier molecular flexibility index (Phi) is 2.91. The molecule has 1 aromatic rings. The van der Waals surface area contributed by atoms with Crippen LogP contribution in [0.15, 0.2) is 18.2 Å². The molecule has 0 unspecified atom stereocenters. The Balaban J connectivity index is 2.72. The van der Waals surface area contributed by atoms with Crippen molar-refractivity contribution in [3.8, 4) is 11.5 Å². The molecular formula is C9H11FO2. The summed E-state index contributed by atoms with van der Waals surface area (Å²) in [5.74, 6) is 0.390. The van der Waals surface area contributed by atoms with E-state index in [-0.39, 0.29) is 12.4 Å². The lowest BCUT2D eigenvalue weighted by atomic mass is 10.2. The van der Waals surface area contributed by atoms with Gasteiger partial charge in [0, 0.05) is 0 Å². The number of hydrogen-bond donors (Lipinski definition) is 1. The minimum atomic E-state index is -0.548. The molecule has 0 aliphatic rings. The van der Waals surface area contributed by atoms with Crippen LogP contribution >= 0.6 is 0 Å². The number of phenolic OH excluding ortho intramolecular Hbond substituents is 1. The van der Waals surface area contributed by atoms with E-state index in [1.807, 2.05) is 6.92 Å². The van der Waals surface area contributed by atoms with E-state index in [0.717, 1.165) is 5.56 Å². The van der Waals surface area contributed by atoms with Gasteiger partial charge in [0.1, 0.15) is 13.3 Å². The fourth-order valence-corrected chi connectivity index (χ4v) is 0.898. The third-order valence-corrected chi connectivity index (χ3v) is 1.45. The van der Waals surface area contributed by atoms with Gasteiger partial charge in [0.05, 0.1) is 0 Å². The average molecular weight is 170 g/mol. The maximum atomic E-state index is 11.7. The van der Waals surface area contributed by atoms with Crippen molar-refractivity contribution >= 4 is 0 Å². The Morgan fingerprint density at radius 2 is 2.25 bits per heavy atom. The summed E-state index contributed by atoms with van der Waals surface area (Å²) in [5, 5.41) is 9.27. The molecular weight excluding hydrogens is 159 g/mol. The standard InChI is InChI=1S/C9H11FO2/c1-7-2-3-9(8(11)6-7)12-5-4-10/h2-3,6,11H,4-5H2,1H3. The van der Waals surface area contributed by atoms with Crippen LogP contribution in [-0.2, 0) is 0 Å². The van der Waals surface area contributed by atoms with Crippen LogP contribution in [0.4, 0.5) is 4.39 Å². The van der Waals surface area contributed by atoms with Gasteiger partial charge in [-0.1, -0.05) is 6.07 Å². The summed E-state index contributed by atoms with van der Waals surface area (Å²) in [4.78, 5) is 0. The molecule has 2 nitrogen and oxygen atoms in total. The van der Waals surface area contributed by atoms with Crippen molar-refractivity contribution < 1.29 is 14.2 Å². The predicted octanol–water partition coefficient (Wildman–Crippen LogP) is 2.05. The highest BCUT2D eigenvalue weighted by atomic mass is 19.1. The van der Waals surface area contributed by atoms with Crippen molar-refractivity contribution in [1.29, 1.82) is 0 Å². The van der Waals surface area contributed by atoms with E-state index in [1.165, 1.54) is 0 Å². The Bertz CT molecular complexity index is 261. The summed E-state index contributed by atoms with van der Waals surface area (Å²) in [6.07, 6.45) is 0. The topological polar surface area (TPSA) is 29.5 Å². The van der Waals surface area contributed by atoms with Gasteiger partial charge >= 0.3 is 0 Å². The van der Waals surface area contributed by atoms with Crippen LogP contribution in [0.2, 0.25) is 0 Å². The normalized spacial score (nSPS) is 9.83. The summed E-state index contributed by atoms with van der Waals surface area (Å²) in [6.45, 7) is 1.29. The van der Waals surface area contributed by atoms with Gasteiger partial charge in [-0.15, -0.1) is 0 Å². The van der Waals surface area contributed by atoms with Crippen molar-refractivity contribution in [2.45, 2.75) is 6.92 Å². The molecule has 1 N–H and O–H groups in total. The predicted molar refractivity (Wildman–Crippen MR) is 44.3 cm³/mol. The van der Waals surface area contributed by atoms with E-state index in [9.17, 15) is 9.50 Å². The highest BCUT2D eigenvalue weighted by Gasteiger charge is 2.00. The fourth-order valence-electron chi connectivity index (χ4n) is 0.898. The Labute approximate surface area is 70.6 Å². The molecule has 0 fully saturated rings. The van der Waals surface area contributed by atoms with Gasteiger partial charge < -0.3 is 9.84 Å². The van der Waals surface area contributed by atoms with Gasteiger partial charge in [-0.3, -0.25) is 0 Å². The van der Waals surface area contributed by atoms with Crippen molar-refractivity contribution in [2.75, 3.05) is 13.3 Å². The van der Waals surface area contributed by atoms with Crippen LogP contribution < -0.4 is 4.74 Å². The number of hydrogen-bond acceptors (Lipinski definition) is 2. The van der Waals surface area contributed by atoms with Crippen LogP contribution in [-0.4, -0.2) is 18.4 Å². The van der Waals surface area contributed by atoms with Crippen LogP contribution in [0.25, 0.3) is 0 Å². The summed E-state index contributed by atoms with van der Waals surface area (Å²) in [7, 11) is 0. The molecule has 1 rings (SSSR count). The number of alkyl halides is 1. The summed E-state index contributed by atoms with van der Waals surface area (Å²) in [5.41, 5.74) is 0.945. The van der Waals surface area contributed by atoms with Crippen molar-refractivity contribution in [1.82, 2.24) is 0 Å². The smallest absolute Gasteiger partial charge is 0.161 e. The van der Waals surface area contributed by atoms with E-state index in [0.29, 0.717) is 5.75 Å². The lowest BCUT2D eigenvalue weighted by molar-refractivity contribution is 0.262. The second-order valence-electron chi connectivity index (χ2n) is 2.51. The van der Waals surface area contributed by atoms with Gasteiger partial charge in [0.2, 0.25) is 0 Å². The fraction of sp³-hybridized carbons (Fsp3) is 0.333. The SMILES string of the molecule is Cc1ccc(OCCF)c(O)c1. The first-order valence-electron chi connectivity index (χ1n) is 3.72. The van der Waals surface area contributed by atoms with E-state index >= 15 is 0 Å². The molecule has 0 amide bonds. The summed E-state index contributed by atoms with van der Waals surface area (Å²) >= 11 is 0. The molecule has 0 bridgehead atoms. The third-order valence-electron chi connectivity index (χ3n) is 1.45. The molecule has 0 saturated carbocycles. The molecule has 0 heterocycles. The number of aromatic hydroxyl groups is 1. The zero-order valence-corrected chi connectivity index (χ0v) is 6.88. The number of phenols is 1. The van der Waals surface area contributed by atoms with Gasteiger partial charge in [-0.25, -0.2) is 4.39 Å². The minimum absolute atomic E-state index is 0.0172. The molecule has 0 spiro atoms. The van der Waals surface area contributed by atoms with Crippen LogP contribution in [0.3, 0.4) is 0 Å². The number of benzene rings is 1. The number of ether oxygens (including phenoxy) is 1. The number of halogens is 1. The quantitative estimate of drug-likeness (QED) is 0.752. The Hall–Kier alpha value is -1.25. The highest BCUT2D eigenvalue weighted by Crippen LogP contribution is 2.26. The maximum absolute atomic E-state index is 11.7. The largest absolute Gasteiger partial charge is 0.504 e. The second-order valence-corrected chi connectivity index (χ2v) is 2.51. The zero-order chi connectivity index (χ0) is 8.97. The molecule has 1 aromatic carbocycles. The molecule has 0 aromatic heterocycles. The van der Waals surface area contributed by atoms with E-state index in [2.05, 4.69) is 0 Å². The lowest BCUT2D eigenvalue weighted by Crippen LogP contribution is -1.98. The first kappa shape index (κ1) is 8.84. The average Bonchev–Trinajstić information content (AvgIpc) is 2.03. The van der Waals surface area contributed by atoms with Gasteiger partial charge in [-0.2, -0.15) is 0 Å². The second kappa shape index (κ2) is 3.95. The van der Waals surface area contributed by atoms with Crippen molar-refractivity contribution in [3.63, 3.8) is 0 Å². The van der Waals surface area contributed by atoms with Gasteiger partial charge in [0.15, 0.2) is 11.5 Å². The summed E-state index contributed by atoms with van der Waals surface area (Å²) in [6, 6.07) is 5.00. The monoisotopic (exact) mass is 170 g/mol. The van der Waals surface area contributed by atoms with E-state index < -0.39 is 6.67 Å². The molecule has 0 saturated heterocycles. The van der Waals surface area contributed by atoms with Crippen LogP contribution in [0.1, 0.15) is 5.56 Å². The first-order chi connectivity index (χ1) is 5.74. The highest BCUT2D eigenvalue weighted by molar-refractivity contribution is 5.41. The van der Waals surface area contributed by atoms with E-state index in [1.54, 1.807) is 18.2 Å². The summed E-state index contributed by atoms with van der Waals surface area (Å²) < 4.78 is 16.6. The third kappa shape index (κ3) is 2.12. The Morgan fingerprint density at radius 1 is 1.50 bits per heavy atom. The Morgan fingerprint density at radius 3 is 2.83 bits per heavy atom. The lowest BCUT2D eigenvalue weighted by Gasteiger charge is -2.05. The van der Waals surface area contributed by atoms with Crippen molar-refractivity contribution in [2.24, 2.45) is 0 Å². The first-order valence-corrected chi connectivity index (χ1v) is 3.72. The molecule has 0 atom stereocenters. The maximum Gasteiger partial charge on any atom is 0.161 e. The zero-order valence-electron chi connectivity index (χ0n) is 6.88. The van der Waals surface area contributed by atoms with Crippen LogP contribution in [0.5, 0.6) is 11.5 Å². The molecule has 0 radical (unpaired) electrons. The molecule has 12 heavy (non-hydrogen) atoms. The number of rotatable bonds is 3. The minimum Gasteiger partial charge on any atom is -0.504 e. The number of aryl methyl sites for hydroxylation is 1. The van der Waals surface area contributed by atoms with Gasteiger partial charge in [-0.05, 0) is 24.6 Å². The molecule has 0 aliphatic heterocycles.